The molecule has 4 nitrogen and oxygen atoms in total. The monoisotopic (exact) mass is 543 g/mol. The maximum absolute atomic E-state index is 5.01. The summed E-state index contributed by atoms with van der Waals surface area (Å²) in [5.41, 5.74) is 4.97. The Morgan fingerprint density at radius 2 is 1.51 bits per heavy atom. The van der Waals surface area contributed by atoms with E-state index in [0.717, 1.165) is 24.7 Å². The van der Waals surface area contributed by atoms with Gasteiger partial charge in [0.05, 0.1) is 5.69 Å². The van der Waals surface area contributed by atoms with Crippen LogP contribution in [0.1, 0.15) is 106 Å². The van der Waals surface area contributed by atoms with Crippen molar-refractivity contribution in [1.82, 2.24) is 4.57 Å². The number of hydrogen-bond donors (Lipinski definition) is 0. The zero-order chi connectivity index (χ0) is 28.7. The smallest absolute Gasteiger partial charge is 0.487 e. The molecule has 0 fully saturated rings. The largest absolute Gasteiger partial charge is 1.00 e. The summed E-state index contributed by atoms with van der Waals surface area (Å²) < 4.78 is 8.98. The van der Waals surface area contributed by atoms with Crippen molar-refractivity contribution >= 4 is 13.7 Å². The van der Waals surface area contributed by atoms with E-state index in [2.05, 4.69) is 135 Å². The number of allylic oxidation sites excluding steroid dienone is 3. The van der Waals surface area contributed by atoms with Gasteiger partial charge < -0.3 is 19.2 Å². The molecule has 0 radical (unpaired) electrons. The van der Waals surface area contributed by atoms with E-state index >= 15 is 0 Å². The average Bonchev–Trinajstić information content (AvgIpc) is 3.32. The van der Waals surface area contributed by atoms with Gasteiger partial charge in [0, 0.05) is 19.5 Å². The Hall–Kier alpha value is -1.56. The van der Waals surface area contributed by atoms with Gasteiger partial charge in [0.25, 0.3) is 0 Å². The zero-order valence-electron chi connectivity index (χ0n) is 27.0. The summed E-state index contributed by atoms with van der Waals surface area (Å²) in [6.45, 7) is 28.7. The molecule has 0 bridgehead atoms. The third kappa shape index (κ3) is 10.1. The molecule has 6 heteroatoms. The molecular weight excluding hydrogens is 492 g/mol. The van der Waals surface area contributed by atoms with Crippen molar-refractivity contribution in [2.45, 2.75) is 105 Å². The molecule has 0 aliphatic carbocycles. The SMILES string of the molecule is CC(C)c1cccc(C(C)C)c1-[n+]1[c-]n(C2=CC=C/C(=C/P(C(C)(C)C)C(C)(C)C)[N-]2)cc1.CCOCC.[Li+]. The second kappa shape index (κ2) is 15.4. The van der Waals surface area contributed by atoms with Crippen molar-refractivity contribution < 1.29 is 28.2 Å². The van der Waals surface area contributed by atoms with Crippen molar-refractivity contribution in [3.05, 3.63) is 83.1 Å². The molecule has 2 heterocycles. The van der Waals surface area contributed by atoms with E-state index in [4.69, 9.17) is 10.1 Å². The number of ether oxygens (including phenoxy) is 1. The third-order valence-electron chi connectivity index (χ3n) is 6.28. The number of benzene rings is 1. The van der Waals surface area contributed by atoms with Crippen LogP contribution in [-0.2, 0) is 4.74 Å². The fraction of sp³-hybridized carbons (Fsp3) is 0.545. The molecule has 0 amide bonds. The fourth-order valence-corrected chi connectivity index (χ4v) is 7.93. The summed E-state index contributed by atoms with van der Waals surface area (Å²) in [6.07, 6.45) is 14.0. The van der Waals surface area contributed by atoms with E-state index in [-0.39, 0.29) is 37.1 Å². The van der Waals surface area contributed by atoms with Crippen LogP contribution in [-0.4, -0.2) is 28.1 Å². The number of imidazole rings is 1. The van der Waals surface area contributed by atoms with E-state index in [1.165, 1.54) is 16.8 Å². The maximum atomic E-state index is 5.01. The molecule has 39 heavy (non-hydrogen) atoms. The first-order valence-electron chi connectivity index (χ1n) is 14.1. The molecular formula is C33H51LiN3OP. The van der Waals surface area contributed by atoms with Gasteiger partial charge in [-0.1, -0.05) is 119 Å². The summed E-state index contributed by atoms with van der Waals surface area (Å²) in [5.74, 6) is 4.18. The van der Waals surface area contributed by atoms with Gasteiger partial charge in [-0.25, -0.2) is 0 Å². The Morgan fingerprint density at radius 1 is 0.974 bits per heavy atom. The van der Waals surface area contributed by atoms with Crippen LogP contribution in [0, 0.1) is 6.33 Å². The van der Waals surface area contributed by atoms with Crippen LogP contribution >= 0.6 is 7.92 Å². The molecule has 3 rings (SSSR count). The normalized spacial score (nSPS) is 14.7. The van der Waals surface area contributed by atoms with Crippen LogP contribution in [0.2, 0.25) is 0 Å². The minimum absolute atomic E-state index is 0. The van der Waals surface area contributed by atoms with Gasteiger partial charge in [0.2, 0.25) is 0 Å². The van der Waals surface area contributed by atoms with Crippen molar-refractivity contribution in [3.8, 4) is 5.69 Å². The summed E-state index contributed by atoms with van der Waals surface area (Å²) in [6, 6.07) is 6.65. The Balaban J connectivity index is 0.00000116. The summed E-state index contributed by atoms with van der Waals surface area (Å²) in [4.78, 5) is 0. The Morgan fingerprint density at radius 3 is 1.95 bits per heavy atom. The number of aromatic nitrogens is 2. The van der Waals surface area contributed by atoms with Crippen molar-refractivity contribution in [3.63, 3.8) is 0 Å². The number of para-hydroxylation sites is 1. The molecule has 0 N–H and O–H groups in total. The van der Waals surface area contributed by atoms with Crippen LogP contribution in [0.15, 0.2) is 60.3 Å². The van der Waals surface area contributed by atoms with Gasteiger partial charge in [0.1, 0.15) is 0 Å². The van der Waals surface area contributed by atoms with Crippen LogP contribution in [0.4, 0.5) is 0 Å². The average molecular weight is 544 g/mol. The van der Waals surface area contributed by atoms with E-state index < -0.39 is 0 Å². The Kier molecular flexibility index (Phi) is 14.0. The van der Waals surface area contributed by atoms with Gasteiger partial charge >= 0.3 is 18.9 Å². The fourth-order valence-electron chi connectivity index (χ4n) is 4.73. The molecule has 0 saturated carbocycles. The first-order valence-corrected chi connectivity index (χ1v) is 15.5. The van der Waals surface area contributed by atoms with E-state index in [1.807, 2.05) is 18.4 Å². The Bertz CT molecular complexity index is 1090. The quantitative estimate of drug-likeness (QED) is 0.169. The minimum atomic E-state index is -0.367. The van der Waals surface area contributed by atoms with Crippen LogP contribution in [0.3, 0.4) is 0 Å². The van der Waals surface area contributed by atoms with Gasteiger partial charge in [-0.15, -0.1) is 12.0 Å². The number of hydrogen-bond acceptors (Lipinski definition) is 1. The molecule has 1 aliphatic rings. The topological polar surface area (TPSA) is 32.1 Å². The summed E-state index contributed by atoms with van der Waals surface area (Å²) in [5, 5.41) is 5.46. The molecule has 0 spiro atoms. The van der Waals surface area contributed by atoms with Crippen LogP contribution in [0.25, 0.3) is 16.8 Å². The molecule has 1 aromatic carbocycles. The van der Waals surface area contributed by atoms with Gasteiger partial charge in [-0.3, -0.25) is 0 Å². The molecule has 1 aromatic heterocycles. The third-order valence-corrected chi connectivity index (χ3v) is 9.70. The zero-order valence-corrected chi connectivity index (χ0v) is 27.9. The van der Waals surface area contributed by atoms with Crippen molar-refractivity contribution in [1.29, 1.82) is 0 Å². The summed E-state index contributed by atoms with van der Waals surface area (Å²) >= 11 is 0. The first kappa shape index (κ1) is 35.5. The molecule has 0 unspecified atom stereocenters. The van der Waals surface area contributed by atoms with Crippen LogP contribution in [0.5, 0.6) is 0 Å². The molecule has 1 aliphatic heterocycles. The van der Waals surface area contributed by atoms with Gasteiger partial charge in [-0.2, -0.15) is 0 Å². The number of rotatable bonds is 7. The van der Waals surface area contributed by atoms with E-state index in [0.29, 0.717) is 11.8 Å². The van der Waals surface area contributed by atoms with E-state index in [9.17, 15) is 0 Å². The predicted molar refractivity (Wildman–Crippen MR) is 166 cm³/mol. The molecule has 210 valence electrons. The second-order valence-corrected chi connectivity index (χ2v) is 16.0. The summed E-state index contributed by atoms with van der Waals surface area (Å²) in [7, 11) is -0.367. The maximum Gasteiger partial charge on any atom is 1.00 e. The molecule has 0 atom stereocenters. The second-order valence-electron chi connectivity index (χ2n) is 12.3. The van der Waals surface area contributed by atoms with Crippen molar-refractivity contribution in [2.24, 2.45) is 0 Å². The van der Waals surface area contributed by atoms with Crippen molar-refractivity contribution in [2.75, 3.05) is 13.2 Å². The van der Waals surface area contributed by atoms with E-state index in [1.54, 1.807) is 0 Å². The standard InChI is InChI=1S/C29H41N3P.C4H10O.Li/c1-21(2)24-14-12-15-25(22(3)4)27(24)32-18-17-31(20-32)26-16-11-13-23(30-26)19-33(28(5,6)7)29(8,9)10;1-3-5-4-2;/h11-19,21-22H,1-10H3;3-4H2,1-2H3;/q-1;;+1/b23-19-;;. The first-order chi connectivity index (χ1) is 17.7. The molecule has 0 saturated heterocycles. The van der Waals surface area contributed by atoms with Gasteiger partial charge in [-0.05, 0) is 59.0 Å². The Labute approximate surface area is 252 Å². The van der Waals surface area contributed by atoms with Crippen LogP contribution < -0.4 is 23.4 Å². The van der Waals surface area contributed by atoms with Gasteiger partial charge in [0.15, 0.2) is 0 Å². The number of nitrogens with zero attached hydrogens (tertiary/aromatic N) is 3. The minimum Gasteiger partial charge on any atom is -0.487 e. The molecule has 2 aromatic rings. The predicted octanol–water partition coefficient (Wildman–Crippen LogP) is 6.52.